The highest BCUT2D eigenvalue weighted by atomic mass is 35.5. The van der Waals surface area contributed by atoms with Crippen LogP contribution in [0.3, 0.4) is 0 Å². The molecule has 0 spiro atoms. The first kappa shape index (κ1) is 32.0. The molecular formula is C30H36Cl2F3N3O2. The number of alkyl halides is 3. The zero-order valence-electron chi connectivity index (χ0n) is 22.4. The standard InChI is InChI=1S/C30H35ClF3N3O2.ClH/c1-22(35-21-29(38)24-4-2-5-25(19-24)30(32,33)34)18-23-8-10-28(11-9-23)39-17-16-36-12-14-37(15-13-36)27-7-3-6-26(31)20-27;/h2-11,19-20,22,29,35,38H,12-18,21H2,1H3;1H. The molecular weight excluding hydrogens is 562 g/mol. The summed E-state index contributed by atoms with van der Waals surface area (Å²) in [6.45, 7) is 7.48. The van der Waals surface area contributed by atoms with Crippen molar-refractivity contribution in [2.24, 2.45) is 0 Å². The lowest BCUT2D eigenvalue weighted by Crippen LogP contribution is -2.47. The Morgan fingerprint density at radius 1 is 0.975 bits per heavy atom. The molecule has 1 fully saturated rings. The third-order valence-corrected chi connectivity index (χ3v) is 7.18. The van der Waals surface area contributed by atoms with Crippen molar-refractivity contribution in [3.63, 3.8) is 0 Å². The molecule has 1 aliphatic heterocycles. The fraction of sp³-hybridized carbons (Fsp3) is 0.400. The predicted octanol–water partition coefficient (Wildman–Crippen LogP) is 6.24. The lowest BCUT2D eigenvalue weighted by atomic mass is 10.0. The molecule has 0 aliphatic carbocycles. The first-order chi connectivity index (χ1) is 18.7. The van der Waals surface area contributed by atoms with Crippen LogP contribution in [0.1, 0.15) is 29.7 Å². The monoisotopic (exact) mass is 597 g/mol. The van der Waals surface area contributed by atoms with E-state index in [0.29, 0.717) is 13.0 Å². The second-order valence-corrected chi connectivity index (χ2v) is 10.4. The number of hydrogen-bond acceptors (Lipinski definition) is 5. The molecule has 218 valence electrons. The number of benzene rings is 3. The zero-order chi connectivity index (χ0) is 27.8. The van der Waals surface area contributed by atoms with Crippen molar-refractivity contribution in [3.8, 4) is 5.75 Å². The van der Waals surface area contributed by atoms with Gasteiger partial charge in [0.05, 0.1) is 11.7 Å². The van der Waals surface area contributed by atoms with Gasteiger partial charge in [0.15, 0.2) is 0 Å². The average molecular weight is 599 g/mol. The number of nitrogens with zero attached hydrogens (tertiary/aromatic N) is 2. The van der Waals surface area contributed by atoms with E-state index in [1.165, 1.54) is 12.1 Å². The minimum Gasteiger partial charge on any atom is -0.492 e. The molecule has 10 heteroatoms. The summed E-state index contributed by atoms with van der Waals surface area (Å²) in [7, 11) is 0. The molecule has 5 nitrogen and oxygen atoms in total. The van der Waals surface area contributed by atoms with Crippen molar-refractivity contribution >= 4 is 29.7 Å². The Morgan fingerprint density at radius 2 is 1.68 bits per heavy atom. The molecule has 1 heterocycles. The molecule has 2 unspecified atom stereocenters. The van der Waals surface area contributed by atoms with Crippen molar-refractivity contribution in [1.82, 2.24) is 10.2 Å². The van der Waals surface area contributed by atoms with E-state index in [1.54, 1.807) is 0 Å². The van der Waals surface area contributed by atoms with Gasteiger partial charge in [0, 0.05) is 56.0 Å². The minimum atomic E-state index is -4.43. The fourth-order valence-electron chi connectivity index (χ4n) is 4.70. The van der Waals surface area contributed by atoms with Gasteiger partial charge in [0.1, 0.15) is 12.4 Å². The molecule has 1 aliphatic rings. The van der Waals surface area contributed by atoms with E-state index < -0.39 is 17.8 Å². The van der Waals surface area contributed by atoms with Crippen LogP contribution in [0.25, 0.3) is 0 Å². The highest BCUT2D eigenvalue weighted by Crippen LogP contribution is 2.30. The topological polar surface area (TPSA) is 48.0 Å². The van der Waals surface area contributed by atoms with Crippen molar-refractivity contribution in [3.05, 3.63) is 94.5 Å². The number of nitrogens with one attached hydrogen (secondary N) is 1. The highest BCUT2D eigenvalue weighted by molar-refractivity contribution is 6.30. The smallest absolute Gasteiger partial charge is 0.416 e. The van der Waals surface area contributed by atoms with E-state index in [-0.39, 0.29) is 30.6 Å². The molecule has 1 saturated heterocycles. The number of rotatable bonds is 11. The van der Waals surface area contributed by atoms with E-state index in [1.807, 2.05) is 49.4 Å². The normalized spacial score (nSPS) is 15.8. The predicted molar refractivity (Wildman–Crippen MR) is 157 cm³/mol. The Labute approximate surface area is 245 Å². The van der Waals surface area contributed by atoms with E-state index >= 15 is 0 Å². The minimum absolute atomic E-state index is 0. The summed E-state index contributed by atoms with van der Waals surface area (Å²) in [4.78, 5) is 4.75. The van der Waals surface area contributed by atoms with Crippen LogP contribution in [0.5, 0.6) is 5.75 Å². The Kier molecular flexibility index (Phi) is 12.0. The molecule has 4 rings (SSSR count). The van der Waals surface area contributed by atoms with Gasteiger partial charge in [-0.25, -0.2) is 0 Å². The third kappa shape index (κ3) is 9.56. The number of hydrogen-bond donors (Lipinski definition) is 2. The van der Waals surface area contributed by atoms with Gasteiger partial charge in [-0.05, 0) is 66.9 Å². The maximum Gasteiger partial charge on any atom is 0.416 e. The molecule has 2 N–H and O–H groups in total. The van der Waals surface area contributed by atoms with Crippen LogP contribution in [0.2, 0.25) is 5.02 Å². The molecule has 0 bridgehead atoms. The summed E-state index contributed by atoms with van der Waals surface area (Å²) in [5, 5.41) is 14.3. The lowest BCUT2D eigenvalue weighted by molar-refractivity contribution is -0.137. The molecule has 0 amide bonds. The first-order valence-corrected chi connectivity index (χ1v) is 13.6. The van der Waals surface area contributed by atoms with Gasteiger partial charge >= 0.3 is 6.18 Å². The summed E-state index contributed by atoms with van der Waals surface area (Å²) in [5.41, 5.74) is 1.75. The van der Waals surface area contributed by atoms with Crippen LogP contribution in [0.4, 0.5) is 18.9 Å². The van der Waals surface area contributed by atoms with Crippen LogP contribution in [0.15, 0.2) is 72.8 Å². The summed E-state index contributed by atoms with van der Waals surface area (Å²) in [6.07, 6.45) is -4.74. The molecule has 2 atom stereocenters. The molecule has 40 heavy (non-hydrogen) atoms. The molecule has 0 aromatic heterocycles. The number of ether oxygens (including phenoxy) is 1. The lowest BCUT2D eigenvalue weighted by Gasteiger charge is -2.36. The van der Waals surface area contributed by atoms with Gasteiger partial charge in [0.25, 0.3) is 0 Å². The van der Waals surface area contributed by atoms with Crippen molar-refractivity contribution in [2.75, 3.05) is 50.8 Å². The Balaban J connectivity index is 0.00000441. The third-order valence-electron chi connectivity index (χ3n) is 6.95. The summed E-state index contributed by atoms with van der Waals surface area (Å²) < 4.78 is 44.8. The van der Waals surface area contributed by atoms with Crippen LogP contribution >= 0.6 is 24.0 Å². The van der Waals surface area contributed by atoms with Crippen LogP contribution in [-0.2, 0) is 12.6 Å². The number of halogens is 5. The summed E-state index contributed by atoms with van der Waals surface area (Å²) in [6, 6.07) is 20.8. The second-order valence-electron chi connectivity index (χ2n) is 9.95. The maximum atomic E-state index is 12.9. The van der Waals surface area contributed by atoms with Crippen molar-refractivity contribution in [1.29, 1.82) is 0 Å². The van der Waals surface area contributed by atoms with Crippen LogP contribution < -0.4 is 15.0 Å². The zero-order valence-corrected chi connectivity index (χ0v) is 24.0. The van der Waals surface area contributed by atoms with Gasteiger partial charge < -0.3 is 20.1 Å². The Hall–Kier alpha value is -2.49. The van der Waals surface area contributed by atoms with Gasteiger partial charge in [-0.15, -0.1) is 12.4 Å². The van der Waals surface area contributed by atoms with Crippen LogP contribution in [-0.4, -0.2) is 61.9 Å². The maximum absolute atomic E-state index is 12.9. The SMILES string of the molecule is CC(Cc1ccc(OCCN2CCN(c3cccc(Cl)c3)CC2)cc1)NCC(O)c1cccc(C(F)(F)F)c1.Cl. The van der Waals surface area contributed by atoms with Crippen molar-refractivity contribution < 1.29 is 23.0 Å². The molecule has 3 aromatic rings. The Bertz CT molecular complexity index is 1190. The Morgan fingerprint density at radius 3 is 2.35 bits per heavy atom. The molecule has 0 radical (unpaired) electrons. The number of aliphatic hydroxyl groups excluding tert-OH is 1. The van der Waals surface area contributed by atoms with Crippen LogP contribution in [0, 0.1) is 0 Å². The largest absolute Gasteiger partial charge is 0.492 e. The van der Waals surface area contributed by atoms with Gasteiger partial charge in [-0.1, -0.05) is 41.9 Å². The van der Waals surface area contributed by atoms with E-state index in [0.717, 1.165) is 66.9 Å². The van der Waals surface area contributed by atoms with E-state index in [9.17, 15) is 18.3 Å². The summed E-state index contributed by atoms with van der Waals surface area (Å²) >= 11 is 6.12. The van der Waals surface area contributed by atoms with Gasteiger partial charge in [-0.3, -0.25) is 4.90 Å². The second kappa shape index (κ2) is 14.9. The first-order valence-electron chi connectivity index (χ1n) is 13.2. The number of anilines is 1. The highest BCUT2D eigenvalue weighted by Gasteiger charge is 2.30. The number of piperazine rings is 1. The van der Waals surface area contributed by atoms with Crippen molar-refractivity contribution in [2.45, 2.75) is 31.7 Å². The van der Waals surface area contributed by atoms with E-state index in [4.69, 9.17) is 16.3 Å². The van der Waals surface area contributed by atoms with Gasteiger partial charge in [-0.2, -0.15) is 13.2 Å². The van der Waals surface area contributed by atoms with Gasteiger partial charge in [0.2, 0.25) is 0 Å². The number of aliphatic hydroxyl groups is 1. The quantitative estimate of drug-likeness (QED) is 0.274. The fourth-order valence-corrected chi connectivity index (χ4v) is 4.88. The molecule has 3 aromatic carbocycles. The van der Waals surface area contributed by atoms with E-state index in [2.05, 4.69) is 21.2 Å². The molecule has 0 saturated carbocycles. The summed E-state index contributed by atoms with van der Waals surface area (Å²) in [5.74, 6) is 0.817. The average Bonchev–Trinajstić information content (AvgIpc) is 2.93.